The van der Waals surface area contributed by atoms with E-state index in [0.717, 1.165) is 38.5 Å². The van der Waals surface area contributed by atoms with Crippen LogP contribution in [0.1, 0.15) is 29.7 Å². The van der Waals surface area contributed by atoms with Crippen molar-refractivity contribution in [3.05, 3.63) is 102 Å². The Bertz CT molecular complexity index is 834. The van der Waals surface area contributed by atoms with Crippen LogP contribution in [0.5, 0.6) is 5.75 Å². The third kappa shape index (κ3) is 4.87. The van der Waals surface area contributed by atoms with Crippen molar-refractivity contribution in [2.24, 2.45) is 0 Å². The predicted molar refractivity (Wildman–Crippen MR) is 119 cm³/mol. The van der Waals surface area contributed by atoms with Crippen LogP contribution in [-0.4, -0.2) is 42.6 Å². The Kier molecular flexibility index (Phi) is 6.60. The summed E-state index contributed by atoms with van der Waals surface area (Å²) in [5, 5.41) is 0. The van der Waals surface area contributed by atoms with Gasteiger partial charge in [-0.1, -0.05) is 78.9 Å². The molecule has 0 saturated carbocycles. The van der Waals surface area contributed by atoms with Gasteiger partial charge >= 0.3 is 0 Å². The quantitative estimate of drug-likeness (QED) is 0.569. The molecule has 0 aromatic heterocycles. The topological polar surface area (TPSA) is 15.7 Å². The van der Waals surface area contributed by atoms with Gasteiger partial charge in [0.25, 0.3) is 0 Å². The molecule has 1 aliphatic heterocycles. The summed E-state index contributed by atoms with van der Waals surface area (Å²) in [5.41, 5.74) is 4.02. The second-order valence-corrected chi connectivity index (χ2v) is 7.58. The van der Waals surface area contributed by atoms with Crippen molar-refractivity contribution < 1.29 is 4.74 Å². The largest absolute Gasteiger partial charge is 0.494 e. The van der Waals surface area contributed by atoms with Crippen LogP contribution in [0.15, 0.2) is 84.9 Å². The van der Waals surface area contributed by atoms with E-state index in [4.69, 9.17) is 4.74 Å². The first kappa shape index (κ1) is 19.7. The molecule has 150 valence electrons. The fourth-order valence-electron chi connectivity index (χ4n) is 4.24. The third-order valence-electron chi connectivity index (χ3n) is 5.67. The Balaban J connectivity index is 1.46. The number of nitrogens with zero attached hydrogens (tertiary/aromatic N) is 2. The van der Waals surface area contributed by atoms with Gasteiger partial charge in [0, 0.05) is 38.3 Å². The van der Waals surface area contributed by atoms with E-state index < -0.39 is 0 Å². The summed E-state index contributed by atoms with van der Waals surface area (Å²) >= 11 is 0. The van der Waals surface area contributed by atoms with Crippen LogP contribution >= 0.6 is 0 Å². The summed E-state index contributed by atoms with van der Waals surface area (Å²) in [6.45, 7) is 7.96. The molecule has 0 atom stereocenters. The average molecular weight is 387 g/mol. The van der Waals surface area contributed by atoms with E-state index in [2.05, 4.69) is 94.7 Å². The molecule has 1 heterocycles. The highest BCUT2D eigenvalue weighted by atomic mass is 16.5. The summed E-state index contributed by atoms with van der Waals surface area (Å²) in [6.07, 6.45) is 0. The van der Waals surface area contributed by atoms with Crippen LogP contribution in [0.4, 0.5) is 0 Å². The number of ether oxygens (including phenoxy) is 1. The number of hydrogen-bond acceptors (Lipinski definition) is 3. The lowest BCUT2D eigenvalue weighted by molar-refractivity contribution is 0.104. The van der Waals surface area contributed by atoms with Crippen molar-refractivity contribution in [1.29, 1.82) is 0 Å². The van der Waals surface area contributed by atoms with Crippen LogP contribution in [-0.2, 0) is 6.54 Å². The van der Waals surface area contributed by atoms with E-state index >= 15 is 0 Å². The summed E-state index contributed by atoms with van der Waals surface area (Å²) in [4.78, 5) is 5.16. The first-order valence-corrected chi connectivity index (χ1v) is 10.6. The highest BCUT2D eigenvalue weighted by Gasteiger charge is 2.26. The standard InChI is InChI=1S/C26H30N2O/c1-2-29-25-16-10-9-15-24(25)21-27-17-19-28(20-18-27)26(22-11-5-3-6-12-22)23-13-7-4-8-14-23/h3-16,26H,2,17-21H2,1H3. The van der Waals surface area contributed by atoms with Crippen LogP contribution < -0.4 is 4.74 Å². The Morgan fingerprint density at radius 3 is 1.86 bits per heavy atom. The monoisotopic (exact) mass is 386 g/mol. The summed E-state index contributed by atoms with van der Waals surface area (Å²) in [5.74, 6) is 1.02. The summed E-state index contributed by atoms with van der Waals surface area (Å²) < 4.78 is 5.82. The second kappa shape index (κ2) is 9.73. The molecular weight excluding hydrogens is 356 g/mol. The van der Waals surface area contributed by atoms with Gasteiger partial charge in [0.15, 0.2) is 0 Å². The average Bonchev–Trinajstić information content (AvgIpc) is 2.78. The van der Waals surface area contributed by atoms with E-state index in [1.807, 2.05) is 6.92 Å². The third-order valence-corrected chi connectivity index (χ3v) is 5.67. The van der Waals surface area contributed by atoms with Crippen molar-refractivity contribution in [2.45, 2.75) is 19.5 Å². The highest BCUT2D eigenvalue weighted by Crippen LogP contribution is 2.30. The second-order valence-electron chi connectivity index (χ2n) is 7.58. The van der Waals surface area contributed by atoms with Crippen LogP contribution in [0.2, 0.25) is 0 Å². The number of benzene rings is 3. The molecule has 3 heteroatoms. The normalized spacial score (nSPS) is 15.5. The lowest BCUT2D eigenvalue weighted by Crippen LogP contribution is -2.47. The highest BCUT2D eigenvalue weighted by molar-refractivity contribution is 5.34. The fourth-order valence-corrected chi connectivity index (χ4v) is 4.24. The van der Waals surface area contributed by atoms with E-state index in [-0.39, 0.29) is 0 Å². The van der Waals surface area contributed by atoms with Crippen molar-refractivity contribution in [2.75, 3.05) is 32.8 Å². The van der Waals surface area contributed by atoms with Gasteiger partial charge in [-0.2, -0.15) is 0 Å². The fraction of sp³-hybridized carbons (Fsp3) is 0.308. The summed E-state index contributed by atoms with van der Waals surface area (Å²) in [6, 6.07) is 30.5. The zero-order valence-electron chi connectivity index (χ0n) is 17.2. The lowest BCUT2D eigenvalue weighted by atomic mass is 9.96. The van der Waals surface area contributed by atoms with Gasteiger partial charge in [-0.05, 0) is 24.1 Å². The van der Waals surface area contributed by atoms with Gasteiger partial charge in [-0.25, -0.2) is 0 Å². The molecule has 0 amide bonds. The molecule has 4 rings (SSSR count). The van der Waals surface area contributed by atoms with Crippen LogP contribution in [0.25, 0.3) is 0 Å². The number of para-hydroxylation sites is 1. The maximum absolute atomic E-state index is 5.82. The van der Waals surface area contributed by atoms with E-state index in [1.54, 1.807) is 0 Å². The van der Waals surface area contributed by atoms with Gasteiger partial charge < -0.3 is 4.74 Å². The molecule has 0 unspecified atom stereocenters. The lowest BCUT2D eigenvalue weighted by Gasteiger charge is -2.40. The van der Waals surface area contributed by atoms with E-state index in [0.29, 0.717) is 12.6 Å². The SMILES string of the molecule is CCOc1ccccc1CN1CCN(C(c2ccccc2)c2ccccc2)CC1. The molecule has 3 aromatic rings. The molecule has 1 fully saturated rings. The van der Waals surface area contributed by atoms with E-state index in [1.165, 1.54) is 16.7 Å². The van der Waals surface area contributed by atoms with Crippen molar-refractivity contribution >= 4 is 0 Å². The van der Waals surface area contributed by atoms with Gasteiger partial charge in [0.2, 0.25) is 0 Å². The van der Waals surface area contributed by atoms with Crippen molar-refractivity contribution in [1.82, 2.24) is 9.80 Å². The maximum atomic E-state index is 5.82. The van der Waals surface area contributed by atoms with Gasteiger partial charge in [-0.15, -0.1) is 0 Å². The smallest absolute Gasteiger partial charge is 0.123 e. The van der Waals surface area contributed by atoms with Crippen LogP contribution in [0.3, 0.4) is 0 Å². The molecule has 0 aliphatic carbocycles. The Hall–Kier alpha value is -2.62. The Labute approximate surface area is 174 Å². The van der Waals surface area contributed by atoms with Crippen LogP contribution in [0, 0.1) is 0 Å². The molecule has 3 nitrogen and oxygen atoms in total. The van der Waals surface area contributed by atoms with Gasteiger partial charge in [0.1, 0.15) is 5.75 Å². The molecule has 0 bridgehead atoms. The molecule has 3 aromatic carbocycles. The summed E-state index contributed by atoms with van der Waals surface area (Å²) in [7, 11) is 0. The van der Waals surface area contributed by atoms with Crippen molar-refractivity contribution in [3.8, 4) is 5.75 Å². The van der Waals surface area contributed by atoms with Crippen molar-refractivity contribution in [3.63, 3.8) is 0 Å². The number of hydrogen-bond donors (Lipinski definition) is 0. The minimum absolute atomic E-state index is 0.315. The first-order valence-electron chi connectivity index (χ1n) is 10.6. The number of rotatable bonds is 7. The molecule has 1 saturated heterocycles. The first-order chi connectivity index (χ1) is 14.3. The molecule has 1 aliphatic rings. The number of piperazine rings is 1. The molecule has 29 heavy (non-hydrogen) atoms. The minimum atomic E-state index is 0.315. The maximum Gasteiger partial charge on any atom is 0.123 e. The molecule has 0 spiro atoms. The zero-order valence-corrected chi connectivity index (χ0v) is 17.2. The Morgan fingerprint density at radius 1 is 0.724 bits per heavy atom. The van der Waals surface area contributed by atoms with E-state index in [9.17, 15) is 0 Å². The van der Waals surface area contributed by atoms with Gasteiger partial charge in [-0.3, -0.25) is 9.80 Å². The van der Waals surface area contributed by atoms with Gasteiger partial charge in [0.05, 0.1) is 12.6 Å². The Morgan fingerprint density at radius 2 is 1.28 bits per heavy atom. The molecule has 0 N–H and O–H groups in total. The molecular formula is C26H30N2O. The minimum Gasteiger partial charge on any atom is -0.494 e. The zero-order chi connectivity index (χ0) is 19.9. The molecule has 0 radical (unpaired) electrons. The predicted octanol–water partition coefficient (Wildman–Crippen LogP) is 4.99.